The van der Waals surface area contributed by atoms with Crippen molar-refractivity contribution in [1.29, 1.82) is 0 Å². The van der Waals surface area contributed by atoms with Crippen LogP contribution in [0.2, 0.25) is 0 Å². The molecule has 0 aliphatic carbocycles. The van der Waals surface area contributed by atoms with Crippen LogP contribution in [-0.4, -0.2) is 38.5 Å². The summed E-state index contributed by atoms with van der Waals surface area (Å²) < 4.78 is 29.2. The topological polar surface area (TPSA) is 63.2 Å². The van der Waals surface area contributed by atoms with Crippen LogP contribution in [0.25, 0.3) is 0 Å². The van der Waals surface area contributed by atoms with Crippen LogP contribution in [0.15, 0.2) is 91.0 Å². The maximum Gasteiger partial charge on any atom is 0.330 e. The molecule has 4 rings (SSSR count). The number of rotatable bonds is 17. The van der Waals surface area contributed by atoms with Crippen molar-refractivity contribution in [2.45, 2.75) is 76.5 Å². The van der Waals surface area contributed by atoms with Gasteiger partial charge in [-0.3, -0.25) is 0 Å². The fourth-order valence-electron chi connectivity index (χ4n) is 5.02. The number of hydrogen-bond acceptors (Lipinski definition) is 6. The number of carbonyl (C=O) groups is 1. The van der Waals surface area contributed by atoms with Crippen molar-refractivity contribution in [1.82, 2.24) is 0 Å². The average Bonchev–Trinajstić information content (AvgIpc) is 3.01. The van der Waals surface area contributed by atoms with Crippen molar-refractivity contribution in [3.05, 3.63) is 108 Å². The summed E-state index contributed by atoms with van der Waals surface area (Å²) in [7, 11) is 3.33. The molecule has 3 aromatic rings. The van der Waals surface area contributed by atoms with Crippen LogP contribution in [0.5, 0.6) is 11.5 Å². The van der Waals surface area contributed by atoms with Crippen molar-refractivity contribution in [3.8, 4) is 11.5 Å². The van der Waals surface area contributed by atoms with Crippen LogP contribution >= 0.6 is 0 Å². The van der Waals surface area contributed by atoms with E-state index >= 15 is 0 Å². The van der Waals surface area contributed by atoms with E-state index in [1.54, 1.807) is 14.2 Å². The highest BCUT2D eigenvalue weighted by Gasteiger charge is 2.25. The second-order valence-corrected chi connectivity index (χ2v) is 10.5. The summed E-state index contributed by atoms with van der Waals surface area (Å²) in [5.74, 6) is 1.35. The number of aryl methyl sites for hydroxylation is 1. The van der Waals surface area contributed by atoms with Gasteiger partial charge in [0.1, 0.15) is 17.6 Å². The molecule has 0 N–H and O–H groups in total. The van der Waals surface area contributed by atoms with Gasteiger partial charge in [0, 0.05) is 18.9 Å². The molecule has 0 saturated carbocycles. The van der Waals surface area contributed by atoms with Crippen LogP contribution in [0.4, 0.5) is 0 Å². The van der Waals surface area contributed by atoms with Gasteiger partial charge >= 0.3 is 5.97 Å². The minimum atomic E-state index is -0.289. The molecule has 1 aliphatic rings. The monoisotopic (exact) mass is 558 g/mol. The summed E-state index contributed by atoms with van der Waals surface area (Å²) in [6.45, 7) is 0.976. The van der Waals surface area contributed by atoms with Gasteiger partial charge in [0.15, 0.2) is 0 Å². The van der Waals surface area contributed by atoms with E-state index in [4.69, 9.17) is 23.7 Å². The number of ether oxygens (including phenoxy) is 5. The number of carbonyl (C=O) groups excluding carboxylic acids is 1. The quantitative estimate of drug-likeness (QED) is 0.129. The van der Waals surface area contributed by atoms with E-state index in [0.717, 1.165) is 54.7 Å². The van der Waals surface area contributed by atoms with Gasteiger partial charge in [0.2, 0.25) is 0 Å². The summed E-state index contributed by atoms with van der Waals surface area (Å²) in [4.78, 5) is 11.9. The average molecular weight is 559 g/mol. The van der Waals surface area contributed by atoms with Gasteiger partial charge in [0.05, 0.1) is 39.6 Å². The predicted octanol–water partition coefficient (Wildman–Crippen LogP) is 7.24. The van der Waals surface area contributed by atoms with E-state index in [9.17, 15) is 4.79 Å². The van der Waals surface area contributed by atoms with Crippen LogP contribution < -0.4 is 9.47 Å². The first-order valence-corrected chi connectivity index (χ1v) is 14.5. The zero-order valence-electron chi connectivity index (χ0n) is 24.2. The molecule has 3 atom stereocenters. The van der Waals surface area contributed by atoms with Crippen LogP contribution in [0, 0.1) is 0 Å². The van der Waals surface area contributed by atoms with Crippen molar-refractivity contribution in [3.63, 3.8) is 0 Å². The van der Waals surface area contributed by atoms with Gasteiger partial charge in [-0.2, -0.15) is 0 Å². The van der Waals surface area contributed by atoms with Gasteiger partial charge in [-0.25, -0.2) is 4.79 Å². The molecule has 0 bridgehead atoms. The Balaban J connectivity index is 1.41. The molecule has 0 amide bonds. The minimum Gasteiger partial charge on any atom is -0.497 e. The first-order chi connectivity index (χ1) is 20.1. The molecule has 1 aliphatic heterocycles. The van der Waals surface area contributed by atoms with Gasteiger partial charge < -0.3 is 23.7 Å². The molecule has 0 unspecified atom stereocenters. The smallest absolute Gasteiger partial charge is 0.330 e. The van der Waals surface area contributed by atoms with Gasteiger partial charge in [-0.1, -0.05) is 67.1 Å². The predicted molar refractivity (Wildman–Crippen MR) is 160 cm³/mol. The zero-order chi connectivity index (χ0) is 28.7. The molecule has 0 fully saturated rings. The molecule has 0 spiro atoms. The zero-order valence-corrected chi connectivity index (χ0v) is 24.2. The molecule has 1 heterocycles. The van der Waals surface area contributed by atoms with E-state index < -0.39 is 0 Å². The normalized spacial score (nSPS) is 16.1. The SMILES string of the molecule is COc1ccc(CO[C@@H](CCCCc2ccccc2)C[C@@H](C[C@H]2CC=CC(=O)O2)OCc2ccc(OC)cc2)cc1. The molecule has 6 nitrogen and oxygen atoms in total. The Morgan fingerprint density at radius 2 is 1.37 bits per heavy atom. The van der Waals surface area contributed by atoms with Gasteiger partial charge in [0.25, 0.3) is 0 Å². The van der Waals surface area contributed by atoms with Crippen molar-refractivity contribution < 1.29 is 28.5 Å². The Kier molecular flexibility index (Phi) is 12.3. The van der Waals surface area contributed by atoms with Crippen LogP contribution in [0.3, 0.4) is 0 Å². The van der Waals surface area contributed by atoms with Gasteiger partial charge in [-0.15, -0.1) is 0 Å². The first-order valence-electron chi connectivity index (χ1n) is 14.5. The summed E-state index contributed by atoms with van der Waals surface area (Å²) >= 11 is 0. The number of unbranched alkanes of at least 4 members (excludes halogenated alkanes) is 1. The van der Waals surface area contributed by atoms with Crippen LogP contribution in [-0.2, 0) is 38.6 Å². The fraction of sp³-hybridized carbons (Fsp3) is 0.400. The molecular weight excluding hydrogens is 516 g/mol. The second kappa shape index (κ2) is 16.6. The highest BCUT2D eigenvalue weighted by atomic mass is 16.5. The Morgan fingerprint density at radius 3 is 1.95 bits per heavy atom. The highest BCUT2D eigenvalue weighted by molar-refractivity contribution is 5.82. The first kappa shape index (κ1) is 30.4. The highest BCUT2D eigenvalue weighted by Crippen LogP contribution is 2.24. The van der Waals surface area contributed by atoms with Gasteiger partial charge in [-0.05, 0) is 66.6 Å². The van der Waals surface area contributed by atoms with E-state index in [1.165, 1.54) is 11.6 Å². The molecule has 0 radical (unpaired) electrons. The lowest BCUT2D eigenvalue weighted by molar-refractivity contribution is -0.146. The Hall–Kier alpha value is -3.61. The molecule has 0 saturated heterocycles. The lowest BCUT2D eigenvalue weighted by Gasteiger charge is -2.28. The number of methoxy groups -OCH3 is 2. The lowest BCUT2D eigenvalue weighted by atomic mass is 9.98. The molecule has 3 aromatic carbocycles. The van der Waals surface area contributed by atoms with Crippen molar-refractivity contribution in [2.75, 3.05) is 14.2 Å². The number of hydrogen-bond donors (Lipinski definition) is 0. The largest absolute Gasteiger partial charge is 0.497 e. The van der Waals surface area contributed by atoms with E-state index in [2.05, 4.69) is 30.3 Å². The third-order valence-electron chi connectivity index (χ3n) is 7.36. The Bertz CT molecular complexity index is 1190. The fourth-order valence-corrected chi connectivity index (χ4v) is 5.02. The second-order valence-electron chi connectivity index (χ2n) is 10.5. The summed E-state index contributed by atoms with van der Waals surface area (Å²) in [5.41, 5.74) is 3.52. The summed E-state index contributed by atoms with van der Waals surface area (Å²) in [5, 5.41) is 0. The van der Waals surface area contributed by atoms with E-state index in [-0.39, 0.29) is 24.3 Å². The third kappa shape index (κ3) is 10.7. The summed E-state index contributed by atoms with van der Waals surface area (Å²) in [6, 6.07) is 26.5. The minimum absolute atomic E-state index is 0.00331. The van der Waals surface area contributed by atoms with Crippen molar-refractivity contribution in [2.24, 2.45) is 0 Å². The number of esters is 1. The molecule has 41 heavy (non-hydrogen) atoms. The molecule has 0 aromatic heterocycles. The Labute approximate surface area is 244 Å². The third-order valence-corrected chi connectivity index (χ3v) is 7.36. The Morgan fingerprint density at radius 1 is 0.756 bits per heavy atom. The van der Waals surface area contributed by atoms with Crippen LogP contribution in [0.1, 0.15) is 55.2 Å². The number of benzene rings is 3. The standard InChI is InChI=1S/C35H42O6/c1-37-30-19-15-28(16-20-30)25-39-32(12-7-6-11-27-9-4-3-5-10-27)23-34(24-33-13-8-14-35(36)41-33)40-26-29-17-21-31(38-2)22-18-29/h3-5,8-10,14-22,32-34H,6-7,11-13,23-26H2,1-2H3/t32-,33+,34-/m0/s1. The maximum absolute atomic E-state index is 11.9. The van der Waals surface area contributed by atoms with E-state index in [1.807, 2.05) is 54.6 Å². The summed E-state index contributed by atoms with van der Waals surface area (Å²) in [6.07, 6.45) is 9.22. The van der Waals surface area contributed by atoms with E-state index in [0.29, 0.717) is 26.1 Å². The molecular formula is C35H42O6. The molecule has 218 valence electrons. The molecule has 6 heteroatoms. The number of cyclic esters (lactones) is 1. The maximum atomic E-state index is 11.9. The van der Waals surface area contributed by atoms with Crippen molar-refractivity contribution >= 4 is 5.97 Å². The lowest BCUT2D eigenvalue weighted by Crippen LogP contribution is -2.30.